The van der Waals surface area contributed by atoms with E-state index in [9.17, 15) is 10.1 Å². The average molecular weight is 283 g/mol. The second-order valence-corrected chi connectivity index (χ2v) is 5.45. The first kappa shape index (κ1) is 13.4. The van der Waals surface area contributed by atoms with Gasteiger partial charge < -0.3 is 11.1 Å². The largest absolute Gasteiger partial charge is 0.399 e. The smallest absolute Gasteiger partial charge is 0.271 e. The molecule has 5 nitrogen and oxygen atoms in total. The van der Waals surface area contributed by atoms with Crippen molar-refractivity contribution in [2.24, 2.45) is 0 Å². The fraction of sp³-hybridized carbons (Fsp3) is 0.250. The van der Waals surface area contributed by atoms with Crippen molar-refractivity contribution in [2.75, 3.05) is 11.1 Å². The van der Waals surface area contributed by atoms with Crippen LogP contribution in [0.15, 0.2) is 36.4 Å². The maximum absolute atomic E-state index is 10.9. The summed E-state index contributed by atoms with van der Waals surface area (Å²) in [6, 6.07) is 11.0. The molecule has 0 spiro atoms. The number of nitrogens with zero attached hydrogens (tertiary/aromatic N) is 1. The molecule has 5 heteroatoms. The molecule has 0 aliphatic heterocycles. The molecule has 3 N–H and O–H groups in total. The lowest BCUT2D eigenvalue weighted by Crippen LogP contribution is -2.08. The first-order valence-electron chi connectivity index (χ1n) is 6.94. The molecule has 1 atom stereocenters. The molecule has 1 aliphatic rings. The van der Waals surface area contributed by atoms with Crippen LogP contribution in [0.5, 0.6) is 0 Å². The van der Waals surface area contributed by atoms with Gasteiger partial charge >= 0.3 is 0 Å². The number of aryl methyl sites for hydroxylation is 2. The Morgan fingerprint density at radius 2 is 2.10 bits per heavy atom. The normalized spacial score (nSPS) is 16.5. The van der Waals surface area contributed by atoms with Gasteiger partial charge in [0.05, 0.1) is 11.0 Å². The van der Waals surface area contributed by atoms with Crippen molar-refractivity contribution < 1.29 is 4.92 Å². The van der Waals surface area contributed by atoms with Gasteiger partial charge in [0.15, 0.2) is 0 Å². The van der Waals surface area contributed by atoms with Gasteiger partial charge in [0, 0.05) is 23.5 Å². The predicted molar refractivity (Wildman–Crippen MR) is 83.4 cm³/mol. The van der Waals surface area contributed by atoms with Crippen molar-refractivity contribution in [3.05, 3.63) is 63.2 Å². The Hall–Kier alpha value is -2.56. The number of hydrogen-bond acceptors (Lipinski definition) is 4. The third-order valence-electron chi connectivity index (χ3n) is 4.01. The van der Waals surface area contributed by atoms with Gasteiger partial charge in [-0.15, -0.1) is 0 Å². The molecular formula is C16H17N3O2. The van der Waals surface area contributed by atoms with Gasteiger partial charge in [-0.2, -0.15) is 0 Å². The highest BCUT2D eigenvalue weighted by atomic mass is 16.6. The fourth-order valence-electron chi connectivity index (χ4n) is 2.85. The highest BCUT2D eigenvalue weighted by Crippen LogP contribution is 2.36. The zero-order valence-corrected chi connectivity index (χ0v) is 11.8. The third kappa shape index (κ3) is 2.54. The van der Waals surface area contributed by atoms with Crippen LogP contribution in [0, 0.1) is 17.0 Å². The molecule has 0 bridgehead atoms. The maximum atomic E-state index is 10.9. The van der Waals surface area contributed by atoms with E-state index in [-0.39, 0.29) is 16.7 Å². The number of nitrogen functional groups attached to an aromatic ring is 1. The number of nitro benzene ring substituents is 1. The summed E-state index contributed by atoms with van der Waals surface area (Å²) in [5, 5.41) is 14.3. The Morgan fingerprint density at radius 3 is 2.86 bits per heavy atom. The minimum Gasteiger partial charge on any atom is -0.399 e. The molecule has 21 heavy (non-hydrogen) atoms. The van der Waals surface area contributed by atoms with E-state index < -0.39 is 0 Å². The summed E-state index contributed by atoms with van der Waals surface area (Å²) in [7, 11) is 0. The van der Waals surface area contributed by atoms with Crippen molar-refractivity contribution >= 4 is 17.1 Å². The molecule has 0 amide bonds. The summed E-state index contributed by atoms with van der Waals surface area (Å²) in [4.78, 5) is 10.5. The molecule has 108 valence electrons. The molecule has 0 radical (unpaired) electrons. The molecule has 3 rings (SSSR count). The minimum atomic E-state index is -0.367. The molecule has 0 aromatic heterocycles. The van der Waals surface area contributed by atoms with Gasteiger partial charge in [-0.1, -0.05) is 12.1 Å². The Balaban J connectivity index is 1.89. The van der Waals surface area contributed by atoms with Gasteiger partial charge in [-0.3, -0.25) is 10.1 Å². The molecule has 2 aromatic carbocycles. The zero-order chi connectivity index (χ0) is 15.0. The second kappa shape index (κ2) is 5.09. The Kier molecular flexibility index (Phi) is 3.25. The van der Waals surface area contributed by atoms with Gasteiger partial charge in [0.2, 0.25) is 0 Å². The van der Waals surface area contributed by atoms with Gasteiger partial charge in [0.25, 0.3) is 5.69 Å². The molecule has 2 aromatic rings. The highest BCUT2D eigenvalue weighted by Gasteiger charge is 2.23. The Bertz CT molecular complexity index is 713. The van der Waals surface area contributed by atoms with Crippen LogP contribution in [-0.2, 0) is 6.42 Å². The van der Waals surface area contributed by atoms with Crippen LogP contribution in [-0.4, -0.2) is 4.92 Å². The first-order valence-corrected chi connectivity index (χ1v) is 6.94. The fourth-order valence-corrected chi connectivity index (χ4v) is 2.85. The van der Waals surface area contributed by atoms with Crippen LogP contribution in [0.25, 0.3) is 0 Å². The number of fused-ring (bicyclic) bond motifs is 1. The summed E-state index contributed by atoms with van der Waals surface area (Å²) in [5.74, 6) is 0. The van der Waals surface area contributed by atoms with Gasteiger partial charge in [-0.05, 0) is 48.6 Å². The standard InChI is InChI=1S/C16H17N3O2/c1-10-2-5-13(19(20)21)9-16(10)18-15-7-3-11-8-12(17)4-6-14(11)15/h2,4-6,8-9,15,18H,3,7,17H2,1H3. The quantitative estimate of drug-likeness (QED) is 0.512. The zero-order valence-electron chi connectivity index (χ0n) is 11.8. The molecular weight excluding hydrogens is 266 g/mol. The van der Waals surface area contributed by atoms with E-state index in [1.807, 2.05) is 25.1 Å². The number of rotatable bonds is 3. The SMILES string of the molecule is Cc1ccc([N+](=O)[O-])cc1NC1CCc2cc(N)ccc21. The van der Waals surface area contributed by atoms with Crippen molar-refractivity contribution in [2.45, 2.75) is 25.8 Å². The second-order valence-electron chi connectivity index (χ2n) is 5.45. The number of anilines is 2. The van der Waals surface area contributed by atoms with E-state index in [4.69, 9.17) is 5.73 Å². The number of hydrogen-bond donors (Lipinski definition) is 2. The summed E-state index contributed by atoms with van der Waals surface area (Å²) in [5.41, 5.74) is 11.0. The lowest BCUT2D eigenvalue weighted by atomic mass is 10.1. The van der Waals surface area contributed by atoms with Crippen LogP contribution in [0.3, 0.4) is 0 Å². The topological polar surface area (TPSA) is 81.2 Å². The lowest BCUT2D eigenvalue weighted by molar-refractivity contribution is -0.384. The number of nitrogens with two attached hydrogens (primary N) is 1. The van der Waals surface area contributed by atoms with E-state index in [1.165, 1.54) is 17.2 Å². The van der Waals surface area contributed by atoms with E-state index in [1.54, 1.807) is 12.1 Å². The summed E-state index contributed by atoms with van der Waals surface area (Å²) >= 11 is 0. The lowest BCUT2D eigenvalue weighted by Gasteiger charge is -2.17. The van der Waals surface area contributed by atoms with Crippen LogP contribution in [0.2, 0.25) is 0 Å². The van der Waals surface area contributed by atoms with E-state index in [0.717, 1.165) is 29.8 Å². The molecule has 1 aliphatic carbocycles. The van der Waals surface area contributed by atoms with Crippen molar-refractivity contribution in [3.63, 3.8) is 0 Å². The summed E-state index contributed by atoms with van der Waals surface area (Å²) in [6.45, 7) is 1.95. The third-order valence-corrected chi connectivity index (χ3v) is 4.01. The molecule has 0 heterocycles. The number of nitro groups is 1. The maximum Gasteiger partial charge on any atom is 0.271 e. The van der Waals surface area contributed by atoms with E-state index in [0.29, 0.717) is 0 Å². The van der Waals surface area contributed by atoms with Gasteiger partial charge in [0.1, 0.15) is 0 Å². The van der Waals surface area contributed by atoms with E-state index in [2.05, 4.69) is 5.32 Å². The Morgan fingerprint density at radius 1 is 1.29 bits per heavy atom. The van der Waals surface area contributed by atoms with Crippen LogP contribution >= 0.6 is 0 Å². The average Bonchev–Trinajstić information content (AvgIpc) is 2.83. The van der Waals surface area contributed by atoms with Crippen LogP contribution < -0.4 is 11.1 Å². The summed E-state index contributed by atoms with van der Waals surface area (Å²) < 4.78 is 0. The van der Waals surface area contributed by atoms with Crippen molar-refractivity contribution in [1.29, 1.82) is 0 Å². The van der Waals surface area contributed by atoms with Crippen molar-refractivity contribution in [3.8, 4) is 0 Å². The minimum absolute atomic E-state index is 0.110. The van der Waals surface area contributed by atoms with Crippen LogP contribution in [0.4, 0.5) is 17.1 Å². The van der Waals surface area contributed by atoms with Crippen molar-refractivity contribution in [1.82, 2.24) is 0 Å². The Labute approximate surface area is 122 Å². The first-order chi connectivity index (χ1) is 10.0. The number of non-ortho nitro benzene ring substituents is 1. The number of nitrogens with one attached hydrogen (secondary N) is 1. The molecule has 0 saturated heterocycles. The summed E-state index contributed by atoms with van der Waals surface area (Å²) in [6.07, 6.45) is 1.95. The van der Waals surface area contributed by atoms with E-state index >= 15 is 0 Å². The molecule has 0 fully saturated rings. The van der Waals surface area contributed by atoms with Gasteiger partial charge in [-0.25, -0.2) is 0 Å². The molecule has 0 saturated carbocycles. The predicted octanol–water partition coefficient (Wildman–Crippen LogP) is 3.58. The highest BCUT2D eigenvalue weighted by molar-refractivity contribution is 5.59. The monoisotopic (exact) mass is 283 g/mol. The number of benzene rings is 2. The van der Waals surface area contributed by atoms with Crippen LogP contribution in [0.1, 0.15) is 29.2 Å². The molecule has 1 unspecified atom stereocenters.